The van der Waals surface area contributed by atoms with Crippen molar-refractivity contribution in [2.24, 2.45) is 5.92 Å². The van der Waals surface area contributed by atoms with Gasteiger partial charge >= 0.3 is 0 Å². The Morgan fingerprint density at radius 1 is 1.41 bits per heavy atom. The summed E-state index contributed by atoms with van der Waals surface area (Å²) in [5.74, 6) is 0.865. The molecule has 0 bridgehead atoms. The number of carbonyl (C=O) groups is 1. The second-order valence-corrected chi connectivity index (χ2v) is 4.56. The highest BCUT2D eigenvalue weighted by atomic mass is 16.1. The van der Waals surface area contributed by atoms with Gasteiger partial charge in [0.05, 0.1) is 0 Å². The number of aryl methyl sites for hydroxylation is 1. The monoisotopic (exact) mass is 237 g/mol. The maximum Gasteiger partial charge on any atom is 0.228 e. The largest absolute Gasteiger partial charge is 0.309 e. The molecule has 0 aromatic carbocycles. The van der Waals surface area contributed by atoms with E-state index >= 15 is 0 Å². The van der Waals surface area contributed by atoms with Gasteiger partial charge in [-0.05, 0) is 26.7 Å². The number of nitrogens with one attached hydrogen (secondary N) is 2. The molecule has 1 aromatic heterocycles. The maximum atomic E-state index is 12.0. The standard InChI is InChI=1S/C13H23N3O/c1-5-7-8-11(6-2)13(17)14-12-9(3)10(4)15-16-12/h11H,5-8H2,1-4H3,(H2,14,15,16,17). The Morgan fingerprint density at radius 2 is 2.12 bits per heavy atom. The van der Waals surface area contributed by atoms with E-state index in [-0.39, 0.29) is 11.8 Å². The molecule has 4 heteroatoms. The van der Waals surface area contributed by atoms with E-state index in [4.69, 9.17) is 0 Å². The summed E-state index contributed by atoms with van der Waals surface area (Å²) in [5.41, 5.74) is 2.02. The zero-order valence-electron chi connectivity index (χ0n) is 11.3. The lowest BCUT2D eigenvalue weighted by molar-refractivity contribution is -0.120. The summed E-state index contributed by atoms with van der Waals surface area (Å²) >= 11 is 0. The van der Waals surface area contributed by atoms with Gasteiger partial charge < -0.3 is 5.32 Å². The highest BCUT2D eigenvalue weighted by Gasteiger charge is 2.17. The van der Waals surface area contributed by atoms with E-state index in [1.165, 1.54) is 0 Å². The number of unbranched alkanes of at least 4 members (excludes halogenated alkanes) is 1. The number of aromatic amines is 1. The summed E-state index contributed by atoms with van der Waals surface area (Å²) in [4.78, 5) is 12.0. The van der Waals surface area contributed by atoms with Crippen molar-refractivity contribution in [3.8, 4) is 0 Å². The van der Waals surface area contributed by atoms with Gasteiger partial charge in [0.1, 0.15) is 0 Å². The van der Waals surface area contributed by atoms with Crippen molar-refractivity contribution in [2.45, 2.75) is 53.4 Å². The Morgan fingerprint density at radius 3 is 2.59 bits per heavy atom. The minimum atomic E-state index is 0.0931. The van der Waals surface area contributed by atoms with E-state index in [0.717, 1.165) is 36.9 Å². The van der Waals surface area contributed by atoms with Crippen LogP contribution in [0.2, 0.25) is 0 Å². The lowest BCUT2D eigenvalue weighted by Gasteiger charge is -2.13. The molecule has 2 N–H and O–H groups in total. The molecule has 1 atom stereocenters. The van der Waals surface area contributed by atoms with Gasteiger partial charge in [-0.1, -0.05) is 26.7 Å². The van der Waals surface area contributed by atoms with Gasteiger partial charge in [0, 0.05) is 17.2 Å². The molecule has 96 valence electrons. The van der Waals surface area contributed by atoms with E-state index in [1.807, 2.05) is 13.8 Å². The molecular formula is C13H23N3O. The van der Waals surface area contributed by atoms with Crippen LogP contribution < -0.4 is 5.32 Å². The van der Waals surface area contributed by atoms with Gasteiger partial charge in [-0.15, -0.1) is 0 Å². The lowest BCUT2D eigenvalue weighted by atomic mass is 9.98. The van der Waals surface area contributed by atoms with E-state index in [2.05, 4.69) is 29.4 Å². The number of hydrogen-bond acceptors (Lipinski definition) is 2. The first-order chi connectivity index (χ1) is 8.10. The zero-order chi connectivity index (χ0) is 12.8. The molecule has 0 aliphatic heterocycles. The van der Waals surface area contributed by atoms with Crippen molar-refractivity contribution < 1.29 is 4.79 Å². The van der Waals surface area contributed by atoms with Crippen molar-refractivity contribution in [2.75, 3.05) is 5.32 Å². The van der Waals surface area contributed by atoms with Crippen LogP contribution in [0.25, 0.3) is 0 Å². The van der Waals surface area contributed by atoms with Gasteiger partial charge in [-0.3, -0.25) is 9.89 Å². The molecule has 4 nitrogen and oxygen atoms in total. The van der Waals surface area contributed by atoms with Crippen LogP contribution in [0.3, 0.4) is 0 Å². The number of nitrogens with zero attached hydrogens (tertiary/aromatic N) is 1. The summed E-state index contributed by atoms with van der Waals surface area (Å²) in [6.45, 7) is 8.11. The first-order valence-corrected chi connectivity index (χ1v) is 6.42. The third kappa shape index (κ3) is 3.58. The normalized spacial score (nSPS) is 12.5. The van der Waals surface area contributed by atoms with Crippen molar-refractivity contribution in [3.63, 3.8) is 0 Å². The summed E-state index contributed by atoms with van der Waals surface area (Å²) in [6.07, 6.45) is 4.07. The van der Waals surface area contributed by atoms with Crippen LogP contribution in [0.4, 0.5) is 5.82 Å². The fourth-order valence-electron chi connectivity index (χ4n) is 1.80. The molecule has 1 unspecified atom stereocenters. The Kier molecular flexibility index (Phi) is 5.19. The van der Waals surface area contributed by atoms with Crippen LogP contribution in [0.15, 0.2) is 0 Å². The summed E-state index contributed by atoms with van der Waals surface area (Å²) in [5, 5.41) is 9.88. The van der Waals surface area contributed by atoms with E-state index < -0.39 is 0 Å². The number of H-pyrrole nitrogens is 1. The number of anilines is 1. The quantitative estimate of drug-likeness (QED) is 0.798. The molecule has 1 aromatic rings. The molecule has 1 amide bonds. The number of aromatic nitrogens is 2. The molecule has 0 fully saturated rings. The van der Waals surface area contributed by atoms with Crippen LogP contribution in [0.5, 0.6) is 0 Å². The molecular weight excluding hydrogens is 214 g/mol. The first-order valence-electron chi connectivity index (χ1n) is 6.42. The lowest BCUT2D eigenvalue weighted by Crippen LogP contribution is -2.22. The highest BCUT2D eigenvalue weighted by Crippen LogP contribution is 2.18. The average molecular weight is 237 g/mol. The van der Waals surface area contributed by atoms with Crippen LogP contribution >= 0.6 is 0 Å². The Bertz CT molecular complexity index is 371. The topological polar surface area (TPSA) is 57.8 Å². The summed E-state index contributed by atoms with van der Waals surface area (Å²) in [7, 11) is 0. The van der Waals surface area contributed by atoms with Gasteiger partial charge in [0.2, 0.25) is 5.91 Å². The molecule has 1 heterocycles. The van der Waals surface area contributed by atoms with Gasteiger partial charge in [-0.2, -0.15) is 5.10 Å². The first kappa shape index (κ1) is 13.7. The van der Waals surface area contributed by atoms with Crippen LogP contribution in [0.1, 0.15) is 50.8 Å². The van der Waals surface area contributed by atoms with Crippen molar-refractivity contribution >= 4 is 11.7 Å². The Balaban J connectivity index is 2.60. The molecule has 0 saturated heterocycles. The molecule has 0 aliphatic rings. The van der Waals surface area contributed by atoms with Crippen molar-refractivity contribution in [1.82, 2.24) is 10.2 Å². The van der Waals surface area contributed by atoms with E-state index in [0.29, 0.717) is 5.82 Å². The minimum absolute atomic E-state index is 0.0931. The fraction of sp³-hybridized carbons (Fsp3) is 0.692. The Hall–Kier alpha value is -1.32. The third-order valence-corrected chi connectivity index (χ3v) is 3.26. The minimum Gasteiger partial charge on any atom is -0.309 e. The summed E-state index contributed by atoms with van der Waals surface area (Å²) in [6, 6.07) is 0. The third-order valence-electron chi connectivity index (χ3n) is 3.26. The molecule has 0 radical (unpaired) electrons. The van der Waals surface area contributed by atoms with E-state index in [1.54, 1.807) is 0 Å². The van der Waals surface area contributed by atoms with Crippen LogP contribution in [-0.4, -0.2) is 16.1 Å². The molecule has 0 saturated carbocycles. The second kappa shape index (κ2) is 6.42. The maximum absolute atomic E-state index is 12.0. The number of rotatable bonds is 6. The van der Waals surface area contributed by atoms with Crippen molar-refractivity contribution in [1.29, 1.82) is 0 Å². The molecule has 17 heavy (non-hydrogen) atoms. The summed E-state index contributed by atoms with van der Waals surface area (Å²) < 4.78 is 0. The zero-order valence-corrected chi connectivity index (χ0v) is 11.3. The smallest absolute Gasteiger partial charge is 0.228 e. The average Bonchev–Trinajstić information content (AvgIpc) is 2.62. The number of amides is 1. The number of hydrogen-bond donors (Lipinski definition) is 2. The fourth-order valence-corrected chi connectivity index (χ4v) is 1.80. The SMILES string of the molecule is CCCCC(CC)C(=O)Nc1n[nH]c(C)c1C. The predicted molar refractivity (Wildman–Crippen MR) is 70.0 cm³/mol. The van der Waals surface area contributed by atoms with E-state index in [9.17, 15) is 4.79 Å². The van der Waals surface area contributed by atoms with Crippen LogP contribution in [-0.2, 0) is 4.79 Å². The van der Waals surface area contributed by atoms with Crippen LogP contribution in [0, 0.1) is 19.8 Å². The van der Waals surface area contributed by atoms with Crippen molar-refractivity contribution in [3.05, 3.63) is 11.3 Å². The highest BCUT2D eigenvalue weighted by molar-refractivity contribution is 5.92. The molecule has 0 aliphatic carbocycles. The number of carbonyl (C=O) groups excluding carboxylic acids is 1. The Labute approximate surface area is 103 Å². The van der Waals surface area contributed by atoms with Gasteiger partial charge in [-0.25, -0.2) is 0 Å². The van der Waals surface area contributed by atoms with Gasteiger partial charge in [0.25, 0.3) is 0 Å². The predicted octanol–water partition coefficient (Wildman–Crippen LogP) is 3.18. The molecule has 0 spiro atoms. The second-order valence-electron chi connectivity index (χ2n) is 4.56. The molecule has 1 rings (SSSR count). The van der Waals surface area contributed by atoms with Gasteiger partial charge in [0.15, 0.2) is 5.82 Å².